The number of hydrogen-bond acceptors (Lipinski definition) is 3. The van der Waals surface area contributed by atoms with E-state index in [9.17, 15) is 4.79 Å². The lowest BCUT2D eigenvalue weighted by Crippen LogP contribution is -2.54. The van der Waals surface area contributed by atoms with Crippen LogP contribution in [0.15, 0.2) is 0 Å². The molecule has 96 valence electrons. The van der Waals surface area contributed by atoms with Crippen LogP contribution in [0.5, 0.6) is 0 Å². The second-order valence-electron chi connectivity index (χ2n) is 6.09. The van der Waals surface area contributed by atoms with Crippen molar-refractivity contribution in [3.63, 3.8) is 0 Å². The fourth-order valence-corrected chi connectivity index (χ4v) is 1.42. The van der Waals surface area contributed by atoms with Crippen LogP contribution < -0.4 is 5.32 Å². The molecule has 0 heterocycles. The third kappa shape index (κ3) is 4.52. The van der Waals surface area contributed by atoms with Crippen LogP contribution in [-0.4, -0.2) is 25.2 Å². The van der Waals surface area contributed by atoms with E-state index in [0.29, 0.717) is 0 Å². The zero-order valence-corrected chi connectivity index (χ0v) is 11.8. The summed E-state index contributed by atoms with van der Waals surface area (Å²) in [6.07, 6.45) is 1.03. The Hall–Kier alpha value is -0.570. The SMILES string of the molecule is COC(=O)C(C)(NCCC(C)(C)C)C(C)C. The Labute approximate surface area is 99.9 Å². The van der Waals surface area contributed by atoms with Crippen LogP contribution in [0.4, 0.5) is 0 Å². The van der Waals surface area contributed by atoms with Crippen molar-refractivity contribution in [3.05, 3.63) is 0 Å². The maximum Gasteiger partial charge on any atom is 0.326 e. The molecular formula is C13H27NO2. The quantitative estimate of drug-likeness (QED) is 0.736. The molecule has 0 spiro atoms. The fraction of sp³-hybridized carbons (Fsp3) is 0.923. The van der Waals surface area contributed by atoms with Gasteiger partial charge < -0.3 is 10.1 Å². The molecule has 16 heavy (non-hydrogen) atoms. The lowest BCUT2D eigenvalue weighted by Gasteiger charge is -2.33. The molecule has 0 amide bonds. The lowest BCUT2D eigenvalue weighted by molar-refractivity contribution is -0.149. The lowest BCUT2D eigenvalue weighted by atomic mass is 9.87. The molecule has 0 fully saturated rings. The minimum Gasteiger partial charge on any atom is -0.468 e. The van der Waals surface area contributed by atoms with Crippen molar-refractivity contribution < 1.29 is 9.53 Å². The number of hydrogen-bond donors (Lipinski definition) is 1. The van der Waals surface area contributed by atoms with Crippen molar-refractivity contribution >= 4 is 5.97 Å². The van der Waals surface area contributed by atoms with E-state index in [4.69, 9.17) is 4.74 Å². The van der Waals surface area contributed by atoms with Crippen molar-refractivity contribution in [1.82, 2.24) is 5.32 Å². The van der Waals surface area contributed by atoms with E-state index in [1.54, 1.807) is 0 Å². The van der Waals surface area contributed by atoms with Gasteiger partial charge in [-0.05, 0) is 31.2 Å². The highest BCUT2D eigenvalue weighted by Gasteiger charge is 2.37. The Morgan fingerprint density at radius 1 is 1.25 bits per heavy atom. The monoisotopic (exact) mass is 229 g/mol. The molecule has 0 saturated heterocycles. The van der Waals surface area contributed by atoms with Crippen molar-refractivity contribution in [2.75, 3.05) is 13.7 Å². The standard InChI is InChI=1S/C13H27NO2/c1-10(2)13(6,11(15)16-7)14-9-8-12(3,4)5/h10,14H,8-9H2,1-7H3. The fourth-order valence-electron chi connectivity index (χ4n) is 1.42. The zero-order chi connectivity index (χ0) is 13.0. The molecule has 0 aliphatic carbocycles. The van der Waals surface area contributed by atoms with Gasteiger partial charge in [0.25, 0.3) is 0 Å². The number of rotatable bonds is 5. The third-order valence-electron chi connectivity index (χ3n) is 3.13. The molecule has 1 atom stereocenters. The molecule has 1 N–H and O–H groups in total. The summed E-state index contributed by atoms with van der Waals surface area (Å²) < 4.78 is 4.86. The first kappa shape index (κ1) is 15.4. The van der Waals surface area contributed by atoms with Crippen molar-refractivity contribution in [3.8, 4) is 0 Å². The van der Waals surface area contributed by atoms with Crippen LogP contribution >= 0.6 is 0 Å². The van der Waals surface area contributed by atoms with Crippen LogP contribution in [0.2, 0.25) is 0 Å². The molecule has 0 aromatic rings. The molecule has 3 nitrogen and oxygen atoms in total. The number of esters is 1. The van der Waals surface area contributed by atoms with Gasteiger partial charge in [-0.2, -0.15) is 0 Å². The van der Waals surface area contributed by atoms with E-state index in [1.165, 1.54) is 7.11 Å². The summed E-state index contributed by atoms with van der Waals surface area (Å²) >= 11 is 0. The summed E-state index contributed by atoms with van der Waals surface area (Å²) in [6, 6.07) is 0. The van der Waals surface area contributed by atoms with E-state index in [2.05, 4.69) is 26.1 Å². The van der Waals surface area contributed by atoms with Crippen LogP contribution in [-0.2, 0) is 9.53 Å². The Balaban J connectivity index is 4.42. The average molecular weight is 229 g/mol. The predicted octanol–water partition coefficient (Wildman–Crippen LogP) is 2.60. The largest absolute Gasteiger partial charge is 0.468 e. The minimum atomic E-state index is -0.583. The summed E-state index contributed by atoms with van der Waals surface area (Å²) in [4.78, 5) is 11.7. The molecule has 0 aliphatic rings. The van der Waals surface area contributed by atoms with Gasteiger partial charge >= 0.3 is 5.97 Å². The molecule has 0 aromatic carbocycles. The minimum absolute atomic E-state index is 0.184. The number of carbonyl (C=O) groups is 1. The molecule has 3 heteroatoms. The second kappa shape index (κ2) is 5.67. The van der Waals surface area contributed by atoms with Crippen LogP contribution in [0, 0.1) is 11.3 Å². The van der Waals surface area contributed by atoms with Gasteiger partial charge in [-0.15, -0.1) is 0 Å². The first-order valence-corrected chi connectivity index (χ1v) is 5.97. The maximum atomic E-state index is 11.7. The van der Waals surface area contributed by atoms with Crippen molar-refractivity contribution in [1.29, 1.82) is 0 Å². The molecule has 1 unspecified atom stereocenters. The predicted molar refractivity (Wildman–Crippen MR) is 67.3 cm³/mol. The molecular weight excluding hydrogens is 202 g/mol. The van der Waals surface area contributed by atoms with E-state index < -0.39 is 5.54 Å². The first-order chi connectivity index (χ1) is 7.13. The Morgan fingerprint density at radius 3 is 2.06 bits per heavy atom. The van der Waals surface area contributed by atoms with Gasteiger partial charge in [-0.25, -0.2) is 0 Å². The highest BCUT2D eigenvalue weighted by molar-refractivity contribution is 5.80. The topological polar surface area (TPSA) is 38.3 Å². The summed E-state index contributed by atoms with van der Waals surface area (Å²) in [5, 5.41) is 3.33. The first-order valence-electron chi connectivity index (χ1n) is 5.97. The van der Waals surface area contributed by atoms with Gasteiger partial charge in [-0.1, -0.05) is 34.6 Å². The third-order valence-corrected chi connectivity index (χ3v) is 3.13. The number of methoxy groups -OCH3 is 1. The molecule has 0 radical (unpaired) electrons. The Morgan fingerprint density at radius 2 is 1.75 bits per heavy atom. The van der Waals surface area contributed by atoms with Gasteiger partial charge in [0.15, 0.2) is 0 Å². The van der Waals surface area contributed by atoms with Crippen LogP contribution in [0.3, 0.4) is 0 Å². The summed E-state index contributed by atoms with van der Waals surface area (Å²) in [5.74, 6) is 0.0244. The van der Waals surface area contributed by atoms with Crippen molar-refractivity contribution in [2.45, 2.75) is 53.5 Å². The van der Waals surface area contributed by atoms with Gasteiger partial charge in [0.2, 0.25) is 0 Å². The van der Waals surface area contributed by atoms with E-state index in [1.807, 2.05) is 20.8 Å². The molecule has 0 aliphatic heterocycles. The normalized spacial score (nSPS) is 16.0. The molecule has 0 saturated carbocycles. The highest BCUT2D eigenvalue weighted by atomic mass is 16.5. The highest BCUT2D eigenvalue weighted by Crippen LogP contribution is 2.21. The molecule has 0 rings (SSSR count). The number of nitrogens with one attached hydrogen (secondary N) is 1. The summed E-state index contributed by atoms with van der Waals surface area (Å²) in [6.45, 7) is 13.4. The van der Waals surface area contributed by atoms with E-state index in [0.717, 1.165) is 13.0 Å². The maximum absolute atomic E-state index is 11.7. The number of carbonyl (C=O) groups excluding carboxylic acids is 1. The Kier molecular flexibility index (Phi) is 5.47. The average Bonchev–Trinajstić information content (AvgIpc) is 2.13. The van der Waals surface area contributed by atoms with Crippen LogP contribution in [0.25, 0.3) is 0 Å². The van der Waals surface area contributed by atoms with E-state index >= 15 is 0 Å². The molecule has 0 aromatic heterocycles. The van der Waals surface area contributed by atoms with E-state index in [-0.39, 0.29) is 17.3 Å². The van der Waals surface area contributed by atoms with Gasteiger partial charge in [0.1, 0.15) is 5.54 Å². The van der Waals surface area contributed by atoms with Gasteiger partial charge in [-0.3, -0.25) is 4.79 Å². The summed E-state index contributed by atoms with van der Waals surface area (Å²) in [7, 11) is 1.44. The summed E-state index contributed by atoms with van der Waals surface area (Å²) in [5.41, 5.74) is -0.305. The van der Waals surface area contributed by atoms with Crippen LogP contribution in [0.1, 0.15) is 48.0 Å². The zero-order valence-electron chi connectivity index (χ0n) is 11.8. The van der Waals surface area contributed by atoms with Crippen molar-refractivity contribution in [2.24, 2.45) is 11.3 Å². The Bertz CT molecular complexity index is 231. The van der Waals surface area contributed by atoms with Gasteiger partial charge in [0, 0.05) is 0 Å². The number of ether oxygens (including phenoxy) is 1. The molecule has 0 bridgehead atoms. The van der Waals surface area contributed by atoms with Gasteiger partial charge in [0.05, 0.1) is 7.11 Å². The second-order valence-corrected chi connectivity index (χ2v) is 6.09. The smallest absolute Gasteiger partial charge is 0.326 e.